The molecule has 6 nitrogen and oxygen atoms in total. The number of H-pyrrole nitrogens is 1. The molecule has 19 heavy (non-hydrogen) atoms. The quantitative estimate of drug-likeness (QED) is 0.875. The predicted octanol–water partition coefficient (Wildman–Crippen LogP) is 1.19. The van der Waals surface area contributed by atoms with Crippen molar-refractivity contribution in [1.82, 2.24) is 10.2 Å². The lowest BCUT2D eigenvalue weighted by Crippen LogP contribution is -2.34. The molecule has 0 bridgehead atoms. The van der Waals surface area contributed by atoms with Gasteiger partial charge in [-0.15, -0.1) is 0 Å². The molecule has 0 saturated heterocycles. The van der Waals surface area contributed by atoms with Crippen LogP contribution < -0.4 is 10.9 Å². The molecule has 1 saturated carbocycles. The summed E-state index contributed by atoms with van der Waals surface area (Å²) in [6.45, 7) is 0. The zero-order valence-electron chi connectivity index (χ0n) is 10.5. The van der Waals surface area contributed by atoms with Crippen molar-refractivity contribution in [2.75, 3.05) is 11.6 Å². The number of rotatable bonds is 3. The number of halogens is 1. The number of aromatic nitrogens is 2. The standard InChI is InChI=1S/C11H16ClN3O3S/c1-19(17,18)8-4-2-3-7(5-8)14-9-6-13-15-11(16)10(9)12/h6-8H,2-5H2,1H3,(H2,14,15,16). The minimum Gasteiger partial charge on any atom is -0.380 e. The van der Waals surface area contributed by atoms with Crippen molar-refractivity contribution in [2.24, 2.45) is 0 Å². The smallest absolute Gasteiger partial charge is 0.285 e. The van der Waals surface area contributed by atoms with Crippen molar-refractivity contribution in [2.45, 2.75) is 37.0 Å². The topological polar surface area (TPSA) is 91.9 Å². The Labute approximate surface area is 116 Å². The second-order valence-corrected chi connectivity index (χ2v) is 7.59. The number of nitrogens with one attached hydrogen (secondary N) is 2. The van der Waals surface area contributed by atoms with E-state index in [1.165, 1.54) is 12.5 Å². The number of sulfone groups is 1. The lowest BCUT2D eigenvalue weighted by molar-refractivity contribution is 0.453. The van der Waals surface area contributed by atoms with Crippen LogP contribution in [0.25, 0.3) is 0 Å². The Hall–Kier alpha value is -1.08. The van der Waals surface area contributed by atoms with Crippen molar-refractivity contribution in [3.05, 3.63) is 21.6 Å². The van der Waals surface area contributed by atoms with Gasteiger partial charge in [-0.05, 0) is 19.3 Å². The summed E-state index contributed by atoms with van der Waals surface area (Å²) in [5, 5.41) is 8.75. The van der Waals surface area contributed by atoms with Gasteiger partial charge in [0.2, 0.25) is 0 Å². The Morgan fingerprint density at radius 3 is 2.89 bits per heavy atom. The van der Waals surface area contributed by atoms with E-state index in [9.17, 15) is 13.2 Å². The normalized spacial score (nSPS) is 24.1. The molecule has 1 aliphatic carbocycles. The predicted molar refractivity (Wildman–Crippen MR) is 74.4 cm³/mol. The first-order valence-electron chi connectivity index (χ1n) is 6.06. The van der Waals surface area contributed by atoms with Crippen LogP contribution in [-0.2, 0) is 9.84 Å². The van der Waals surface area contributed by atoms with E-state index in [4.69, 9.17) is 11.6 Å². The third-order valence-electron chi connectivity index (χ3n) is 3.39. The van der Waals surface area contributed by atoms with Gasteiger partial charge in [-0.3, -0.25) is 4.79 Å². The molecule has 2 rings (SSSR count). The first kappa shape index (κ1) is 14.3. The highest BCUT2D eigenvalue weighted by Crippen LogP contribution is 2.27. The maximum absolute atomic E-state index is 11.6. The summed E-state index contributed by atoms with van der Waals surface area (Å²) in [4.78, 5) is 11.3. The van der Waals surface area contributed by atoms with Gasteiger partial charge in [0.25, 0.3) is 5.56 Å². The molecule has 1 aromatic heterocycles. The molecule has 0 radical (unpaired) electrons. The fraction of sp³-hybridized carbons (Fsp3) is 0.636. The summed E-state index contributed by atoms with van der Waals surface area (Å²) >= 11 is 5.87. The van der Waals surface area contributed by atoms with Gasteiger partial charge in [-0.25, -0.2) is 13.5 Å². The highest BCUT2D eigenvalue weighted by molar-refractivity contribution is 7.91. The highest BCUT2D eigenvalue weighted by atomic mass is 35.5. The van der Waals surface area contributed by atoms with Gasteiger partial charge in [0, 0.05) is 12.3 Å². The van der Waals surface area contributed by atoms with Crippen molar-refractivity contribution in [1.29, 1.82) is 0 Å². The molecule has 1 fully saturated rings. The molecular weight excluding hydrogens is 290 g/mol. The highest BCUT2D eigenvalue weighted by Gasteiger charge is 2.29. The Morgan fingerprint density at radius 2 is 2.21 bits per heavy atom. The average molecular weight is 306 g/mol. The summed E-state index contributed by atoms with van der Waals surface area (Å²) in [6, 6.07) is -0.00502. The van der Waals surface area contributed by atoms with Crippen molar-refractivity contribution in [3.63, 3.8) is 0 Å². The zero-order chi connectivity index (χ0) is 14.0. The van der Waals surface area contributed by atoms with Crippen LogP contribution >= 0.6 is 11.6 Å². The van der Waals surface area contributed by atoms with Crippen LogP contribution in [0.2, 0.25) is 5.02 Å². The molecule has 1 aliphatic rings. The number of aromatic amines is 1. The Balaban J connectivity index is 2.11. The van der Waals surface area contributed by atoms with E-state index < -0.39 is 15.4 Å². The van der Waals surface area contributed by atoms with Crippen molar-refractivity contribution in [3.8, 4) is 0 Å². The summed E-state index contributed by atoms with van der Waals surface area (Å²) in [6.07, 6.45) is 5.62. The Bertz CT molecular complexity index is 614. The average Bonchev–Trinajstić information content (AvgIpc) is 2.34. The van der Waals surface area contributed by atoms with Crippen molar-refractivity contribution >= 4 is 27.1 Å². The Morgan fingerprint density at radius 1 is 1.47 bits per heavy atom. The summed E-state index contributed by atoms with van der Waals surface area (Å²) in [5.41, 5.74) is -0.00768. The molecule has 2 N–H and O–H groups in total. The third-order valence-corrected chi connectivity index (χ3v) is 5.40. The first-order valence-corrected chi connectivity index (χ1v) is 8.40. The molecule has 1 heterocycles. The maximum atomic E-state index is 11.6. The van der Waals surface area contributed by atoms with E-state index in [1.54, 1.807) is 0 Å². The Kier molecular flexibility index (Phi) is 4.15. The monoisotopic (exact) mass is 305 g/mol. The molecule has 106 valence electrons. The van der Waals surface area contributed by atoms with E-state index in [1.807, 2.05) is 0 Å². The molecule has 0 aliphatic heterocycles. The lowest BCUT2D eigenvalue weighted by atomic mass is 9.95. The molecular formula is C11H16ClN3O3S. The van der Waals surface area contributed by atoms with Gasteiger partial charge in [-0.1, -0.05) is 18.0 Å². The van der Waals surface area contributed by atoms with E-state index >= 15 is 0 Å². The fourth-order valence-corrected chi connectivity index (χ4v) is 3.69. The lowest BCUT2D eigenvalue weighted by Gasteiger charge is -2.29. The second-order valence-electron chi connectivity index (χ2n) is 4.89. The molecule has 2 atom stereocenters. The molecule has 2 unspecified atom stereocenters. The SMILES string of the molecule is CS(=O)(=O)C1CCCC(Nc2cn[nH]c(=O)c2Cl)C1. The van der Waals surface area contributed by atoms with Crippen LogP contribution in [-0.4, -0.2) is 36.2 Å². The second kappa shape index (κ2) is 5.50. The van der Waals surface area contributed by atoms with Gasteiger partial charge in [0.1, 0.15) is 14.9 Å². The van der Waals surface area contributed by atoms with Gasteiger partial charge in [0.05, 0.1) is 17.1 Å². The summed E-state index contributed by atoms with van der Waals surface area (Å²) in [5.74, 6) is 0. The number of hydrogen-bond acceptors (Lipinski definition) is 5. The molecule has 1 aromatic rings. The van der Waals surface area contributed by atoms with Crippen LogP contribution in [0.15, 0.2) is 11.0 Å². The van der Waals surface area contributed by atoms with Crippen LogP contribution in [0.1, 0.15) is 25.7 Å². The summed E-state index contributed by atoms with van der Waals surface area (Å²) in [7, 11) is -3.03. The van der Waals surface area contributed by atoms with Crippen LogP contribution in [0.4, 0.5) is 5.69 Å². The summed E-state index contributed by atoms with van der Waals surface area (Å²) < 4.78 is 23.2. The first-order chi connectivity index (χ1) is 8.88. The van der Waals surface area contributed by atoms with Crippen molar-refractivity contribution < 1.29 is 8.42 Å². The van der Waals surface area contributed by atoms with E-state index in [0.717, 1.165) is 12.8 Å². The van der Waals surface area contributed by atoms with E-state index in [-0.39, 0.29) is 16.3 Å². The number of anilines is 1. The molecule has 0 amide bonds. The van der Waals surface area contributed by atoms with Gasteiger partial charge in [-0.2, -0.15) is 5.10 Å². The molecule has 0 spiro atoms. The number of hydrogen-bond donors (Lipinski definition) is 2. The van der Waals surface area contributed by atoms with E-state index in [0.29, 0.717) is 18.5 Å². The zero-order valence-corrected chi connectivity index (χ0v) is 12.1. The van der Waals surface area contributed by atoms with Gasteiger partial charge >= 0.3 is 0 Å². The fourth-order valence-electron chi connectivity index (χ4n) is 2.37. The largest absolute Gasteiger partial charge is 0.380 e. The van der Waals surface area contributed by atoms with Crippen LogP contribution in [0.3, 0.4) is 0 Å². The minimum absolute atomic E-state index is 0.00502. The van der Waals surface area contributed by atoms with Crippen LogP contribution in [0.5, 0.6) is 0 Å². The number of nitrogens with zero attached hydrogens (tertiary/aromatic N) is 1. The molecule has 8 heteroatoms. The third kappa shape index (κ3) is 3.48. The maximum Gasteiger partial charge on any atom is 0.285 e. The molecule has 0 aromatic carbocycles. The minimum atomic E-state index is -3.03. The van der Waals surface area contributed by atoms with Gasteiger partial charge < -0.3 is 5.32 Å². The van der Waals surface area contributed by atoms with Crippen LogP contribution in [0, 0.1) is 0 Å². The van der Waals surface area contributed by atoms with E-state index in [2.05, 4.69) is 15.5 Å². The van der Waals surface area contributed by atoms with Gasteiger partial charge in [0.15, 0.2) is 0 Å².